The molecule has 0 fully saturated rings. The van der Waals surface area contributed by atoms with Gasteiger partial charge in [-0.25, -0.2) is 0 Å². The quantitative estimate of drug-likeness (QED) is 0.714. The Morgan fingerprint density at radius 2 is 1.96 bits per heavy atom. The van der Waals surface area contributed by atoms with Crippen molar-refractivity contribution in [3.05, 3.63) is 53.1 Å². The smallest absolute Gasteiger partial charge is 0.243 e. The summed E-state index contributed by atoms with van der Waals surface area (Å²) in [6.45, 7) is 3.07. The largest absolute Gasteiger partial charge is 0.491 e. The number of anilines is 2. The third kappa shape index (κ3) is 5.76. The first kappa shape index (κ1) is 18.1. The number of carbonyl (C=O) groups excluding carboxylic acids is 1. The number of benzene rings is 2. The van der Waals surface area contributed by atoms with Crippen LogP contribution in [-0.2, 0) is 9.53 Å². The number of methoxy groups -OCH3 is 1. The summed E-state index contributed by atoms with van der Waals surface area (Å²) in [5.74, 6) is 0.573. The van der Waals surface area contributed by atoms with Gasteiger partial charge in [0.2, 0.25) is 5.91 Å². The summed E-state index contributed by atoms with van der Waals surface area (Å²) in [6.07, 6.45) is 0. The molecule has 0 atom stereocenters. The minimum Gasteiger partial charge on any atom is -0.491 e. The van der Waals surface area contributed by atoms with Gasteiger partial charge in [-0.15, -0.1) is 0 Å². The molecule has 0 aliphatic carbocycles. The van der Waals surface area contributed by atoms with Crippen LogP contribution in [0.3, 0.4) is 0 Å². The lowest BCUT2D eigenvalue weighted by atomic mass is 10.2. The molecule has 0 aliphatic heterocycles. The summed E-state index contributed by atoms with van der Waals surface area (Å²) in [4.78, 5) is 12.0. The highest BCUT2D eigenvalue weighted by Crippen LogP contribution is 2.20. The van der Waals surface area contributed by atoms with E-state index in [0.29, 0.717) is 23.9 Å². The lowest BCUT2D eigenvalue weighted by molar-refractivity contribution is -0.114. The molecular weight excluding hydrogens is 328 g/mol. The molecule has 0 aromatic heterocycles. The van der Waals surface area contributed by atoms with Gasteiger partial charge in [-0.2, -0.15) is 0 Å². The predicted octanol–water partition coefficient (Wildman–Crippen LogP) is 3.72. The second kappa shape index (κ2) is 9.15. The Morgan fingerprint density at radius 1 is 1.12 bits per heavy atom. The second-order valence-corrected chi connectivity index (χ2v) is 5.64. The highest BCUT2D eigenvalue weighted by atomic mass is 35.5. The molecule has 5 nitrogen and oxygen atoms in total. The van der Waals surface area contributed by atoms with Gasteiger partial charge in [0.25, 0.3) is 0 Å². The zero-order valence-corrected chi connectivity index (χ0v) is 14.5. The molecule has 0 unspecified atom stereocenters. The van der Waals surface area contributed by atoms with E-state index in [1.54, 1.807) is 13.2 Å². The Bertz CT molecular complexity index is 692. The summed E-state index contributed by atoms with van der Waals surface area (Å²) in [7, 11) is 1.63. The monoisotopic (exact) mass is 348 g/mol. The van der Waals surface area contributed by atoms with E-state index < -0.39 is 0 Å². The highest BCUT2D eigenvalue weighted by Gasteiger charge is 2.05. The lowest BCUT2D eigenvalue weighted by Crippen LogP contribution is -2.21. The average Bonchev–Trinajstić information content (AvgIpc) is 2.57. The molecule has 1 amide bonds. The number of carbonyl (C=O) groups is 1. The van der Waals surface area contributed by atoms with Crippen LogP contribution in [0.4, 0.5) is 11.4 Å². The van der Waals surface area contributed by atoms with Gasteiger partial charge in [0, 0.05) is 29.6 Å². The van der Waals surface area contributed by atoms with E-state index in [2.05, 4.69) is 10.6 Å². The fourth-order valence-corrected chi connectivity index (χ4v) is 2.18. The van der Waals surface area contributed by atoms with Crippen molar-refractivity contribution in [3.63, 3.8) is 0 Å². The minimum atomic E-state index is -0.152. The lowest BCUT2D eigenvalue weighted by Gasteiger charge is -2.10. The van der Waals surface area contributed by atoms with E-state index in [-0.39, 0.29) is 12.5 Å². The summed E-state index contributed by atoms with van der Waals surface area (Å²) < 4.78 is 10.5. The molecule has 0 heterocycles. The molecule has 0 radical (unpaired) electrons. The van der Waals surface area contributed by atoms with Crippen molar-refractivity contribution in [2.24, 2.45) is 0 Å². The van der Waals surface area contributed by atoms with Crippen molar-refractivity contribution in [1.29, 1.82) is 0 Å². The van der Waals surface area contributed by atoms with Gasteiger partial charge in [0.15, 0.2) is 0 Å². The molecule has 128 valence electrons. The normalized spacial score (nSPS) is 10.3. The van der Waals surface area contributed by atoms with E-state index in [1.165, 1.54) is 0 Å². The van der Waals surface area contributed by atoms with Gasteiger partial charge in [-0.3, -0.25) is 4.79 Å². The standard InChI is InChI=1S/C18H21ClN2O3/c1-13-6-7-15(11-17(13)19)21-18(22)12-20-14-4-3-5-16(10-14)24-9-8-23-2/h3-7,10-11,20H,8-9,12H2,1-2H3,(H,21,22). The SMILES string of the molecule is COCCOc1cccc(NCC(=O)Nc2ccc(C)c(Cl)c2)c1. The maximum atomic E-state index is 12.0. The van der Waals surface area contributed by atoms with E-state index in [0.717, 1.165) is 17.0 Å². The molecule has 0 aliphatic rings. The number of halogens is 1. The third-order valence-electron chi connectivity index (χ3n) is 3.30. The van der Waals surface area contributed by atoms with Gasteiger partial charge in [-0.1, -0.05) is 23.7 Å². The van der Waals surface area contributed by atoms with E-state index >= 15 is 0 Å². The molecule has 2 aromatic rings. The number of rotatable bonds is 8. The molecule has 0 saturated heterocycles. The minimum absolute atomic E-state index is 0.146. The zero-order valence-electron chi connectivity index (χ0n) is 13.8. The van der Waals surface area contributed by atoms with E-state index in [1.807, 2.05) is 43.3 Å². The number of amides is 1. The van der Waals surface area contributed by atoms with Crippen LogP contribution in [0.5, 0.6) is 5.75 Å². The summed E-state index contributed by atoms with van der Waals surface area (Å²) in [5.41, 5.74) is 2.45. The van der Waals surface area contributed by atoms with E-state index in [9.17, 15) is 4.79 Å². The first-order valence-corrected chi connectivity index (χ1v) is 7.98. The Morgan fingerprint density at radius 3 is 2.71 bits per heavy atom. The summed E-state index contributed by atoms with van der Waals surface area (Å²) in [6, 6.07) is 12.9. The molecule has 6 heteroatoms. The molecular formula is C18H21ClN2O3. The van der Waals surface area contributed by atoms with Crippen molar-refractivity contribution in [2.45, 2.75) is 6.92 Å². The number of nitrogens with one attached hydrogen (secondary N) is 2. The number of aryl methyl sites for hydroxylation is 1. The van der Waals surface area contributed by atoms with Gasteiger partial charge < -0.3 is 20.1 Å². The fraction of sp³-hybridized carbons (Fsp3) is 0.278. The van der Waals surface area contributed by atoms with Crippen LogP contribution in [0, 0.1) is 6.92 Å². The Hall–Kier alpha value is -2.24. The molecule has 0 bridgehead atoms. The Balaban J connectivity index is 1.84. The van der Waals surface area contributed by atoms with Crippen LogP contribution in [0.15, 0.2) is 42.5 Å². The molecule has 0 spiro atoms. The van der Waals surface area contributed by atoms with Crippen molar-refractivity contribution < 1.29 is 14.3 Å². The van der Waals surface area contributed by atoms with Gasteiger partial charge in [0.05, 0.1) is 13.2 Å². The van der Waals surface area contributed by atoms with Crippen molar-refractivity contribution in [1.82, 2.24) is 0 Å². The molecule has 0 saturated carbocycles. The van der Waals surface area contributed by atoms with Crippen LogP contribution in [0.25, 0.3) is 0 Å². The Labute approximate surface area is 146 Å². The molecule has 2 aromatic carbocycles. The van der Waals surface area contributed by atoms with Crippen LogP contribution in [0.1, 0.15) is 5.56 Å². The predicted molar refractivity (Wildman–Crippen MR) is 97.1 cm³/mol. The fourth-order valence-electron chi connectivity index (χ4n) is 2.00. The van der Waals surface area contributed by atoms with Crippen LogP contribution < -0.4 is 15.4 Å². The number of hydrogen-bond acceptors (Lipinski definition) is 4. The van der Waals surface area contributed by atoms with Crippen molar-refractivity contribution in [2.75, 3.05) is 37.5 Å². The van der Waals surface area contributed by atoms with Crippen molar-refractivity contribution >= 4 is 28.9 Å². The van der Waals surface area contributed by atoms with Crippen LogP contribution >= 0.6 is 11.6 Å². The number of hydrogen-bond donors (Lipinski definition) is 2. The second-order valence-electron chi connectivity index (χ2n) is 5.23. The van der Waals surface area contributed by atoms with Crippen LogP contribution in [-0.4, -0.2) is 32.8 Å². The first-order valence-electron chi connectivity index (χ1n) is 7.60. The highest BCUT2D eigenvalue weighted by molar-refractivity contribution is 6.31. The molecule has 2 rings (SSSR count). The first-order chi connectivity index (χ1) is 11.6. The van der Waals surface area contributed by atoms with Gasteiger partial charge in [-0.05, 0) is 36.8 Å². The number of ether oxygens (including phenoxy) is 2. The van der Waals surface area contributed by atoms with Crippen LogP contribution in [0.2, 0.25) is 5.02 Å². The van der Waals surface area contributed by atoms with Gasteiger partial charge >= 0.3 is 0 Å². The third-order valence-corrected chi connectivity index (χ3v) is 3.71. The van der Waals surface area contributed by atoms with E-state index in [4.69, 9.17) is 21.1 Å². The zero-order chi connectivity index (χ0) is 17.4. The maximum Gasteiger partial charge on any atom is 0.243 e. The van der Waals surface area contributed by atoms with Crippen molar-refractivity contribution in [3.8, 4) is 5.75 Å². The molecule has 2 N–H and O–H groups in total. The topological polar surface area (TPSA) is 59.6 Å². The molecule has 24 heavy (non-hydrogen) atoms. The summed E-state index contributed by atoms with van der Waals surface area (Å²) in [5, 5.41) is 6.49. The van der Waals surface area contributed by atoms with Gasteiger partial charge in [0.1, 0.15) is 12.4 Å². The maximum absolute atomic E-state index is 12.0. The summed E-state index contributed by atoms with van der Waals surface area (Å²) >= 11 is 6.05. The Kier molecular flexibility index (Phi) is 6.90. The average molecular weight is 349 g/mol.